The molecule has 0 bridgehead atoms. The van der Waals surface area contributed by atoms with Gasteiger partial charge in [0.25, 0.3) is 5.91 Å². The van der Waals surface area contributed by atoms with Crippen LogP contribution >= 0.6 is 0 Å². The fourth-order valence-corrected chi connectivity index (χ4v) is 3.95. The Kier molecular flexibility index (Phi) is 6.00. The highest BCUT2D eigenvalue weighted by Gasteiger charge is 2.18. The van der Waals surface area contributed by atoms with E-state index in [0.29, 0.717) is 22.9 Å². The highest BCUT2D eigenvalue weighted by atomic mass is 16.2. The molecule has 3 heterocycles. The van der Waals surface area contributed by atoms with E-state index in [-0.39, 0.29) is 11.3 Å². The Morgan fingerprint density at radius 1 is 0.892 bits per heavy atom. The van der Waals surface area contributed by atoms with Crippen LogP contribution in [0.15, 0.2) is 66.7 Å². The van der Waals surface area contributed by atoms with Crippen molar-refractivity contribution in [3.8, 4) is 11.3 Å². The first-order valence-electron chi connectivity index (χ1n) is 11.8. The van der Waals surface area contributed by atoms with Crippen LogP contribution in [-0.2, 0) is 12.5 Å². The summed E-state index contributed by atoms with van der Waals surface area (Å²) in [5.74, 6) is 0.164. The van der Waals surface area contributed by atoms with Crippen LogP contribution in [0.2, 0.25) is 0 Å². The highest BCUT2D eigenvalue weighted by molar-refractivity contribution is 6.07. The molecule has 37 heavy (non-hydrogen) atoms. The third kappa shape index (κ3) is 5.08. The number of hydrogen-bond donors (Lipinski definition) is 5. The van der Waals surface area contributed by atoms with E-state index in [0.717, 1.165) is 28.0 Å². The number of hydrogen-bond acceptors (Lipinski definition) is 4. The van der Waals surface area contributed by atoms with Crippen LogP contribution in [-0.4, -0.2) is 36.9 Å². The normalized spacial score (nSPS) is 11.5. The third-order valence-corrected chi connectivity index (χ3v) is 5.95. The Morgan fingerprint density at radius 2 is 1.57 bits per heavy atom. The van der Waals surface area contributed by atoms with E-state index in [4.69, 9.17) is 0 Å². The van der Waals surface area contributed by atoms with Crippen molar-refractivity contribution in [2.45, 2.75) is 26.2 Å². The molecule has 3 aromatic heterocycles. The SMILES string of the molecule is Cn1nc(-c2ccccc2)c2cc(C(=O)Nc3ccc(NC(=O)Nc4cc(C(C)(C)C)[nH]n4)cc3)[nH]c21. The fourth-order valence-electron chi connectivity index (χ4n) is 3.95. The first-order valence-corrected chi connectivity index (χ1v) is 11.8. The van der Waals surface area contributed by atoms with Crippen molar-refractivity contribution < 1.29 is 9.59 Å². The number of anilines is 3. The number of nitrogens with one attached hydrogen (secondary N) is 5. The van der Waals surface area contributed by atoms with Crippen molar-refractivity contribution in [2.75, 3.05) is 16.0 Å². The number of aryl methyl sites for hydroxylation is 1. The summed E-state index contributed by atoms with van der Waals surface area (Å²) in [6.07, 6.45) is 0. The molecular weight excluding hydrogens is 468 g/mol. The van der Waals surface area contributed by atoms with Crippen LogP contribution in [0.4, 0.5) is 22.0 Å². The van der Waals surface area contributed by atoms with Crippen molar-refractivity contribution in [3.63, 3.8) is 0 Å². The van der Waals surface area contributed by atoms with Gasteiger partial charge in [0.05, 0.1) is 0 Å². The summed E-state index contributed by atoms with van der Waals surface area (Å²) in [7, 11) is 1.84. The second kappa shape index (κ2) is 9.30. The molecule has 0 aliphatic carbocycles. The number of aromatic amines is 2. The number of carbonyl (C=O) groups is 2. The van der Waals surface area contributed by atoms with E-state index >= 15 is 0 Å². The first kappa shape index (κ1) is 23.9. The van der Waals surface area contributed by atoms with E-state index in [1.54, 1.807) is 41.1 Å². The minimum atomic E-state index is -0.412. The number of fused-ring (bicyclic) bond motifs is 1. The number of benzene rings is 2. The van der Waals surface area contributed by atoms with Gasteiger partial charge in [-0.05, 0) is 30.3 Å². The topological polar surface area (TPSA) is 133 Å². The summed E-state index contributed by atoms with van der Waals surface area (Å²) >= 11 is 0. The molecule has 5 N–H and O–H groups in total. The minimum absolute atomic E-state index is 0.0996. The second-order valence-electron chi connectivity index (χ2n) is 9.81. The van der Waals surface area contributed by atoms with Crippen LogP contribution in [0.3, 0.4) is 0 Å². The van der Waals surface area contributed by atoms with E-state index in [1.807, 2.05) is 37.4 Å². The molecule has 0 fully saturated rings. The van der Waals surface area contributed by atoms with Gasteiger partial charge < -0.3 is 15.6 Å². The first-order chi connectivity index (χ1) is 17.7. The van der Waals surface area contributed by atoms with Gasteiger partial charge in [-0.3, -0.25) is 19.9 Å². The third-order valence-electron chi connectivity index (χ3n) is 5.95. The van der Waals surface area contributed by atoms with Crippen molar-refractivity contribution >= 4 is 40.2 Å². The summed E-state index contributed by atoms with van der Waals surface area (Å²) < 4.78 is 1.73. The number of aromatic nitrogens is 5. The summed E-state index contributed by atoms with van der Waals surface area (Å²) in [5.41, 5.74) is 4.98. The monoisotopic (exact) mass is 496 g/mol. The predicted molar refractivity (Wildman–Crippen MR) is 145 cm³/mol. The molecule has 0 saturated heterocycles. The Balaban J connectivity index is 1.23. The van der Waals surface area contributed by atoms with Gasteiger partial charge in [-0.1, -0.05) is 51.1 Å². The number of amides is 3. The van der Waals surface area contributed by atoms with Gasteiger partial charge in [0.15, 0.2) is 5.82 Å². The second-order valence-corrected chi connectivity index (χ2v) is 9.81. The highest BCUT2D eigenvalue weighted by Crippen LogP contribution is 2.28. The number of nitrogens with zero attached hydrogens (tertiary/aromatic N) is 3. The van der Waals surface area contributed by atoms with Gasteiger partial charge in [0, 0.05) is 46.5 Å². The van der Waals surface area contributed by atoms with Crippen LogP contribution < -0.4 is 16.0 Å². The molecule has 5 rings (SSSR count). The quantitative estimate of drug-likeness (QED) is 0.220. The van der Waals surface area contributed by atoms with Gasteiger partial charge in [-0.2, -0.15) is 10.2 Å². The van der Waals surface area contributed by atoms with Gasteiger partial charge in [-0.25, -0.2) is 4.79 Å². The Morgan fingerprint density at radius 3 is 2.22 bits per heavy atom. The number of rotatable bonds is 5. The molecule has 0 saturated carbocycles. The summed E-state index contributed by atoms with van der Waals surface area (Å²) in [6.45, 7) is 6.17. The summed E-state index contributed by atoms with van der Waals surface area (Å²) in [6, 6.07) is 19.9. The average molecular weight is 497 g/mol. The number of carbonyl (C=O) groups excluding carboxylic acids is 2. The molecule has 10 nitrogen and oxygen atoms in total. The molecule has 2 aromatic carbocycles. The maximum absolute atomic E-state index is 12.9. The van der Waals surface area contributed by atoms with Gasteiger partial charge in [-0.15, -0.1) is 0 Å². The molecule has 5 aromatic rings. The lowest BCUT2D eigenvalue weighted by Gasteiger charge is -2.14. The van der Waals surface area contributed by atoms with Crippen LogP contribution in [0.5, 0.6) is 0 Å². The molecule has 0 aliphatic rings. The van der Waals surface area contributed by atoms with Crippen LogP contribution in [0.1, 0.15) is 37.0 Å². The molecule has 188 valence electrons. The Bertz CT molecular complexity index is 1570. The van der Waals surface area contributed by atoms with E-state index in [9.17, 15) is 9.59 Å². The lowest BCUT2D eigenvalue weighted by atomic mass is 9.92. The van der Waals surface area contributed by atoms with Crippen molar-refractivity contribution in [1.29, 1.82) is 0 Å². The smallest absolute Gasteiger partial charge is 0.324 e. The van der Waals surface area contributed by atoms with Crippen molar-refractivity contribution in [3.05, 3.63) is 78.1 Å². The van der Waals surface area contributed by atoms with E-state index < -0.39 is 6.03 Å². The molecular formula is C27H28N8O2. The molecule has 0 atom stereocenters. The van der Waals surface area contributed by atoms with E-state index in [1.165, 1.54) is 0 Å². The van der Waals surface area contributed by atoms with Gasteiger partial charge >= 0.3 is 6.03 Å². The molecule has 0 unspecified atom stereocenters. The van der Waals surface area contributed by atoms with Crippen molar-refractivity contribution in [2.24, 2.45) is 7.05 Å². The summed E-state index contributed by atoms with van der Waals surface area (Å²) in [5, 5.41) is 20.9. The molecule has 10 heteroatoms. The summed E-state index contributed by atoms with van der Waals surface area (Å²) in [4.78, 5) is 28.4. The molecule has 3 amide bonds. The lowest BCUT2D eigenvalue weighted by molar-refractivity contribution is 0.102. The average Bonchev–Trinajstić information content (AvgIpc) is 3.58. The van der Waals surface area contributed by atoms with Gasteiger partial charge in [0.1, 0.15) is 17.0 Å². The van der Waals surface area contributed by atoms with Crippen molar-refractivity contribution in [1.82, 2.24) is 25.0 Å². The zero-order valence-corrected chi connectivity index (χ0v) is 21.0. The van der Waals surface area contributed by atoms with E-state index in [2.05, 4.69) is 57.0 Å². The Hall–Kier alpha value is -4.86. The van der Waals surface area contributed by atoms with Crippen LogP contribution in [0.25, 0.3) is 22.3 Å². The zero-order chi connectivity index (χ0) is 26.2. The number of H-pyrrole nitrogens is 2. The Labute approximate surface area is 213 Å². The molecule has 0 aliphatic heterocycles. The minimum Gasteiger partial charge on any atom is -0.335 e. The largest absolute Gasteiger partial charge is 0.335 e. The maximum Gasteiger partial charge on any atom is 0.324 e. The van der Waals surface area contributed by atoms with Gasteiger partial charge in [0.2, 0.25) is 0 Å². The van der Waals surface area contributed by atoms with Crippen LogP contribution in [0, 0.1) is 0 Å². The standard InChI is InChI=1S/C27H28N8O2/c1-27(2,3)21-15-22(33-32-21)31-26(37)29-18-12-10-17(11-13-18)28-25(36)20-14-19-23(16-8-6-5-7-9-16)34-35(4)24(19)30-20/h5-15,30H,1-4H3,(H,28,36)(H3,29,31,32,33,37). The molecule has 0 radical (unpaired) electrons. The predicted octanol–water partition coefficient (Wildman–Crippen LogP) is 5.49. The lowest BCUT2D eigenvalue weighted by Crippen LogP contribution is -2.19. The fraction of sp³-hybridized carbons (Fsp3) is 0.185. The molecule has 0 spiro atoms. The number of urea groups is 1. The zero-order valence-electron chi connectivity index (χ0n) is 21.0. The maximum atomic E-state index is 12.9.